The van der Waals surface area contributed by atoms with Crippen molar-refractivity contribution < 1.29 is 15.0 Å². The van der Waals surface area contributed by atoms with Gasteiger partial charge in [-0.3, -0.25) is 4.79 Å². The SMILES string of the molecule is CCC(CO)(CO)NC(=O)Cc1ccccc1C. The minimum atomic E-state index is -0.917. The smallest absolute Gasteiger partial charge is 0.225 e. The van der Waals surface area contributed by atoms with E-state index in [0.717, 1.165) is 11.1 Å². The van der Waals surface area contributed by atoms with Crippen molar-refractivity contribution in [3.8, 4) is 0 Å². The molecule has 0 radical (unpaired) electrons. The van der Waals surface area contributed by atoms with Gasteiger partial charge in [0.15, 0.2) is 0 Å². The van der Waals surface area contributed by atoms with Crippen molar-refractivity contribution in [1.82, 2.24) is 5.32 Å². The third kappa shape index (κ3) is 3.55. The Morgan fingerprint density at radius 1 is 1.28 bits per heavy atom. The average molecular weight is 251 g/mol. The number of rotatable bonds is 6. The third-order valence-electron chi connectivity index (χ3n) is 3.30. The number of hydrogen-bond acceptors (Lipinski definition) is 3. The number of benzene rings is 1. The molecule has 18 heavy (non-hydrogen) atoms. The summed E-state index contributed by atoms with van der Waals surface area (Å²) >= 11 is 0. The van der Waals surface area contributed by atoms with E-state index in [2.05, 4.69) is 5.32 Å². The Morgan fingerprint density at radius 3 is 2.39 bits per heavy atom. The topological polar surface area (TPSA) is 69.6 Å². The Kier molecular flexibility index (Phi) is 5.31. The molecule has 0 saturated heterocycles. The van der Waals surface area contributed by atoms with Gasteiger partial charge in [-0.2, -0.15) is 0 Å². The molecule has 0 heterocycles. The minimum Gasteiger partial charge on any atom is -0.394 e. The standard InChI is InChI=1S/C14H21NO3/c1-3-14(9-16,10-17)15-13(18)8-12-7-5-4-6-11(12)2/h4-7,16-17H,3,8-10H2,1-2H3,(H,15,18). The molecule has 0 atom stereocenters. The Bertz CT molecular complexity index is 392. The van der Waals surface area contributed by atoms with Crippen LogP contribution in [0.2, 0.25) is 0 Å². The second-order valence-electron chi connectivity index (χ2n) is 4.60. The molecule has 1 aromatic rings. The summed E-state index contributed by atoms with van der Waals surface area (Å²) in [6, 6.07) is 7.67. The van der Waals surface area contributed by atoms with Crippen LogP contribution in [0.3, 0.4) is 0 Å². The zero-order chi connectivity index (χ0) is 13.6. The molecule has 0 aromatic heterocycles. The molecule has 1 aromatic carbocycles. The van der Waals surface area contributed by atoms with Gasteiger partial charge < -0.3 is 15.5 Å². The van der Waals surface area contributed by atoms with Crippen LogP contribution in [-0.4, -0.2) is 34.9 Å². The molecular weight excluding hydrogens is 230 g/mol. The van der Waals surface area contributed by atoms with Crippen LogP contribution in [-0.2, 0) is 11.2 Å². The van der Waals surface area contributed by atoms with Gasteiger partial charge in [-0.05, 0) is 24.5 Å². The van der Waals surface area contributed by atoms with Crippen molar-refractivity contribution in [2.75, 3.05) is 13.2 Å². The van der Waals surface area contributed by atoms with Gasteiger partial charge in [0.05, 0.1) is 25.2 Å². The second kappa shape index (κ2) is 6.52. The maximum Gasteiger partial charge on any atom is 0.225 e. The largest absolute Gasteiger partial charge is 0.394 e. The van der Waals surface area contributed by atoms with E-state index in [-0.39, 0.29) is 25.5 Å². The first-order chi connectivity index (χ1) is 8.56. The molecule has 0 spiro atoms. The summed E-state index contributed by atoms with van der Waals surface area (Å²) in [5, 5.41) is 21.3. The Labute approximate surface area is 108 Å². The van der Waals surface area contributed by atoms with Gasteiger partial charge in [-0.1, -0.05) is 31.2 Å². The molecule has 1 amide bonds. The molecule has 0 bridgehead atoms. The first kappa shape index (κ1) is 14.7. The van der Waals surface area contributed by atoms with Gasteiger partial charge in [0, 0.05) is 0 Å². The van der Waals surface area contributed by atoms with Gasteiger partial charge in [-0.15, -0.1) is 0 Å². The molecule has 0 fully saturated rings. The van der Waals surface area contributed by atoms with E-state index in [1.54, 1.807) is 0 Å². The third-order valence-corrected chi connectivity index (χ3v) is 3.30. The normalized spacial score (nSPS) is 11.3. The van der Waals surface area contributed by atoms with Crippen LogP contribution in [0.15, 0.2) is 24.3 Å². The number of hydrogen-bond donors (Lipinski definition) is 3. The number of nitrogens with one attached hydrogen (secondary N) is 1. The number of aliphatic hydroxyl groups excluding tert-OH is 2. The van der Waals surface area contributed by atoms with Gasteiger partial charge in [0.25, 0.3) is 0 Å². The first-order valence-corrected chi connectivity index (χ1v) is 6.14. The lowest BCUT2D eigenvalue weighted by atomic mass is 9.97. The van der Waals surface area contributed by atoms with Crippen molar-refractivity contribution >= 4 is 5.91 Å². The molecule has 100 valence electrons. The highest BCUT2D eigenvalue weighted by Crippen LogP contribution is 2.11. The zero-order valence-electron chi connectivity index (χ0n) is 10.9. The van der Waals surface area contributed by atoms with E-state index in [9.17, 15) is 15.0 Å². The molecule has 0 saturated carbocycles. The summed E-state index contributed by atoms with van der Waals surface area (Å²) < 4.78 is 0. The van der Waals surface area contributed by atoms with Crippen LogP contribution in [0.5, 0.6) is 0 Å². The van der Waals surface area contributed by atoms with Crippen LogP contribution in [0.1, 0.15) is 24.5 Å². The Balaban J connectivity index is 2.70. The highest BCUT2D eigenvalue weighted by atomic mass is 16.3. The van der Waals surface area contributed by atoms with Crippen LogP contribution in [0.25, 0.3) is 0 Å². The quantitative estimate of drug-likeness (QED) is 0.700. The second-order valence-corrected chi connectivity index (χ2v) is 4.60. The van der Waals surface area contributed by atoms with Crippen LogP contribution >= 0.6 is 0 Å². The molecule has 0 aliphatic heterocycles. The zero-order valence-corrected chi connectivity index (χ0v) is 10.9. The molecule has 0 unspecified atom stereocenters. The number of carbonyl (C=O) groups excluding carboxylic acids is 1. The number of aryl methyl sites for hydroxylation is 1. The maximum absolute atomic E-state index is 11.9. The van der Waals surface area contributed by atoms with Gasteiger partial charge >= 0.3 is 0 Å². The lowest BCUT2D eigenvalue weighted by molar-refractivity contribution is -0.123. The predicted molar refractivity (Wildman–Crippen MR) is 70.2 cm³/mol. The fourth-order valence-electron chi connectivity index (χ4n) is 1.76. The lowest BCUT2D eigenvalue weighted by Gasteiger charge is -2.29. The number of carbonyl (C=O) groups is 1. The van der Waals surface area contributed by atoms with E-state index in [1.165, 1.54) is 0 Å². The summed E-state index contributed by atoms with van der Waals surface area (Å²) in [7, 11) is 0. The minimum absolute atomic E-state index is 0.186. The van der Waals surface area contributed by atoms with E-state index in [0.29, 0.717) is 6.42 Å². The van der Waals surface area contributed by atoms with Gasteiger partial charge in [0.1, 0.15) is 0 Å². The molecule has 4 heteroatoms. The Morgan fingerprint density at radius 2 is 1.89 bits per heavy atom. The van der Waals surface area contributed by atoms with Crippen molar-refractivity contribution in [3.63, 3.8) is 0 Å². The Hall–Kier alpha value is -1.39. The van der Waals surface area contributed by atoms with Crippen LogP contribution < -0.4 is 5.32 Å². The van der Waals surface area contributed by atoms with Crippen molar-refractivity contribution in [3.05, 3.63) is 35.4 Å². The summed E-state index contributed by atoms with van der Waals surface area (Å²) in [6.07, 6.45) is 0.744. The lowest BCUT2D eigenvalue weighted by Crippen LogP contribution is -2.54. The van der Waals surface area contributed by atoms with Gasteiger partial charge in [0.2, 0.25) is 5.91 Å². The molecule has 3 N–H and O–H groups in total. The summed E-state index contributed by atoms with van der Waals surface area (Å²) in [5.41, 5.74) is 1.10. The van der Waals surface area contributed by atoms with Gasteiger partial charge in [-0.25, -0.2) is 0 Å². The van der Waals surface area contributed by atoms with Crippen molar-refractivity contribution in [1.29, 1.82) is 0 Å². The number of amides is 1. The van der Waals surface area contributed by atoms with E-state index in [4.69, 9.17) is 0 Å². The van der Waals surface area contributed by atoms with E-state index in [1.807, 2.05) is 38.1 Å². The monoisotopic (exact) mass is 251 g/mol. The predicted octanol–water partition coefficient (Wildman–Crippen LogP) is 0.787. The summed E-state index contributed by atoms with van der Waals surface area (Å²) in [4.78, 5) is 11.9. The highest BCUT2D eigenvalue weighted by molar-refractivity contribution is 5.79. The maximum atomic E-state index is 11.9. The molecule has 0 aliphatic carbocycles. The van der Waals surface area contributed by atoms with E-state index >= 15 is 0 Å². The van der Waals surface area contributed by atoms with E-state index < -0.39 is 5.54 Å². The van der Waals surface area contributed by atoms with Crippen molar-refractivity contribution in [2.24, 2.45) is 0 Å². The number of aliphatic hydroxyl groups is 2. The van der Waals surface area contributed by atoms with Crippen LogP contribution in [0.4, 0.5) is 0 Å². The van der Waals surface area contributed by atoms with Crippen molar-refractivity contribution in [2.45, 2.75) is 32.2 Å². The molecule has 1 rings (SSSR count). The molecule has 0 aliphatic rings. The molecule has 4 nitrogen and oxygen atoms in total. The average Bonchev–Trinajstić information content (AvgIpc) is 2.39. The first-order valence-electron chi connectivity index (χ1n) is 6.14. The fraction of sp³-hybridized carbons (Fsp3) is 0.500. The van der Waals surface area contributed by atoms with Crippen LogP contribution in [0, 0.1) is 6.92 Å². The molecular formula is C14H21NO3. The summed E-state index contributed by atoms with van der Waals surface area (Å²) in [6.45, 7) is 3.24. The fourth-order valence-corrected chi connectivity index (χ4v) is 1.76. The highest BCUT2D eigenvalue weighted by Gasteiger charge is 2.28. The summed E-state index contributed by atoms with van der Waals surface area (Å²) in [5.74, 6) is -0.186.